The number of halogens is 2. The van der Waals surface area contributed by atoms with Gasteiger partial charge in [-0.2, -0.15) is 0 Å². The van der Waals surface area contributed by atoms with Gasteiger partial charge in [0.05, 0.1) is 18.2 Å². The lowest BCUT2D eigenvalue weighted by Gasteiger charge is -2.40. The summed E-state index contributed by atoms with van der Waals surface area (Å²) in [5.41, 5.74) is 10.8. The number of hydrogen-bond acceptors (Lipinski definition) is 6. The van der Waals surface area contributed by atoms with E-state index in [1.54, 1.807) is 4.90 Å². The molecule has 2 aromatic rings. The highest BCUT2D eigenvalue weighted by Crippen LogP contribution is 2.31. The van der Waals surface area contributed by atoms with Crippen molar-refractivity contribution < 1.29 is 19.0 Å². The van der Waals surface area contributed by atoms with Crippen LogP contribution in [0.1, 0.15) is 37.8 Å². The number of nitrogens with one attached hydrogen (secondary N) is 1. The van der Waals surface area contributed by atoms with Crippen LogP contribution in [0.4, 0.5) is 4.79 Å². The molecule has 0 aromatic heterocycles. The Balaban J connectivity index is 1.78. The van der Waals surface area contributed by atoms with Crippen molar-refractivity contribution in [3.8, 4) is 0 Å². The van der Waals surface area contributed by atoms with Crippen LogP contribution in [0.5, 0.6) is 0 Å². The molecule has 1 aliphatic rings. The minimum absolute atomic E-state index is 0.134. The van der Waals surface area contributed by atoms with Crippen molar-refractivity contribution in [3.05, 3.63) is 82.2 Å². The Morgan fingerprint density at radius 3 is 2.39 bits per heavy atom. The van der Waals surface area contributed by atoms with Crippen molar-refractivity contribution >= 4 is 35.2 Å². The molecule has 9 nitrogen and oxygen atoms in total. The zero-order valence-electron chi connectivity index (χ0n) is 20.1. The van der Waals surface area contributed by atoms with Crippen LogP contribution in [0.2, 0.25) is 0 Å². The van der Waals surface area contributed by atoms with Gasteiger partial charge in [-0.3, -0.25) is 10.3 Å². The predicted molar refractivity (Wildman–Crippen MR) is 138 cm³/mol. The highest BCUT2D eigenvalue weighted by Gasteiger charge is 2.40. The van der Waals surface area contributed by atoms with E-state index in [0.717, 1.165) is 11.1 Å². The molecule has 1 fully saturated rings. The van der Waals surface area contributed by atoms with Gasteiger partial charge in [0.1, 0.15) is 6.61 Å². The summed E-state index contributed by atoms with van der Waals surface area (Å²) in [5.74, 6) is -0.425. The van der Waals surface area contributed by atoms with Gasteiger partial charge in [-0.25, -0.2) is 4.79 Å². The van der Waals surface area contributed by atoms with Crippen molar-refractivity contribution in [1.29, 1.82) is 5.41 Å². The second kappa shape index (κ2) is 12.8. The molecule has 11 heteroatoms. The average molecular weight is 534 g/mol. The lowest BCUT2D eigenvalue weighted by molar-refractivity contribution is -0.180. The third-order valence-corrected chi connectivity index (χ3v) is 6.21. The fourth-order valence-electron chi connectivity index (χ4n) is 3.82. The van der Waals surface area contributed by atoms with E-state index in [4.69, 9.17) is 48.4 Å². The van der Waals surface area contributed by atoms with Crippen molar-refractivity contribution in [2.75, 3.05) is 0 Å². The molecule has 4 unspecified atom stereocenters. The molecule has 0 radical (unpaired) electrons. The van der Waals surface area contributed by atoms with Gasteiger partial charge >= 0.3 is 6.09 Å². The Morgan fingerprint density at radius 2 is 1.81 bits per heavy atom. The molecule has 1 aliphatic heterocycles. The molecule has 3 rings (SSSR count). The van der Waals surface area contributed by atoms with E-state index in [9.17, 15) is 4.79 Å². The number of rotatable bonds is 9. The van der Waals surface area contributed by atoms with Crippen LogP contribution in [-0.2, 0) is 27.4 Å². The maximum absolute atomic E-state index is 13.2. The van der Waals surface area contributed by atoms with E-state index in [0.29, 0.717) is 19.4 Å². The fraction of sp³-hybridized carbons (Fsp3) is 0.440. The van der Waals surface area contributed by atoms with Crippen molar-refractivity contribution in [2.45, 2.75) is 68.7 Å². The summed E-state index contributed by atoms with van der Waals surface area (Å²) in [6.45, 7) is 3.70. The van der Waals surface area contributed by atoms with E-state index in [-0.39, 0.29) is 6.61 Å². The van der Waals surface area contributed by atoms with Gasteiger partial charge in [-0.1, -0.05) is 89.0 Å². The van der Waals surface area contributed by atoms with E-state index < -0.39 is 40.8 Å². The van der Waals surface area contributed by atoms with E-state index in [1.807, 2.05) is 67.6 Å². The topological polar surface area (TPSA) is 121 Å². The third-order valence-electron chi connectivity index (χ3n) is 5.87. The van der Waals surface area contributed by atoms with Crippen LogP contribution in [0.25, 0.3) is 10.4 Å². The lowest BCUT2D eigenvalue weighted by atomic mass is 9.98. The summed E-state index contributed by atoms with van der Waals surface area (Å²) < 4.78 is 15.7. The van der Waals surface area contributed by atoms with Crippen LogP contribution in [0.15, 0.2) is 65.8 Å². The van der Waals surface area contributed by atoms with E-state index in [2.05, 4.69) is 10.0 Å². The maximum Gasteiger partial charge on any atom is 0.410 e. The Bertz CT molecular complexity index is 1060. The summed E-state index contributed by atoms with van der Waals surface area (Å²) in [7, 11) is 0. The smallest absolute Gasteiger partial charge is 0.410 e. The Morgan fingerprint density at radius 1 is 1.19 bits per heavy atom. The molecule has 36 heavy (non-hydrogen) atoms. The summed E-state index contributed by atoms with van der Waals surface area (Å²) in [6, 6.07) is 17.9. The van der Waals surface area contributed by atoms with Gasteiger partial charge in [0.2, 0.25) is 12.2 Å². The number of alkyl halides is 2. The zero-order valence-corrected chi connectivity index (χ0v) is 21.6. The van der Waals surface area contributed by atoms with Gasteiger partial charge in [0, 0.05) is 11.5 Å². The number of benzene rings is 2. The van der Waals surface area contributed by atoms with Crippen LogP contribution >= 0.6 is 23.2 Å². The monoisotopic (exact) mass is 533 g/mol. The van der Waals surface area contributed by atoms with Crippen molar-refractivity contribution in [3.63, 3.8) is 0 Å². The first kappa shape index (κ1) is 27.6. The summed E-state index contributed by atoms with van der Waals surface area (Å²) in [6.07, 6.45) is -1.14. The predicted octanol–water partition coefficient (Wildman–Crippen LogP) is 6.59. The molecule has 0 saturated carbocycles. The van der Waals surface area contributed by atoms with E-state index >= 15 is 0 Å². The number of carbonyl (C=O) groups excluding carboxylic acids is 1. The number of amides is 1. The molecule has 1 heterocycles. The maximum atomic E-state index is 13.2. The number of nitrogens with zero attached hydrogens (tertiary/aromatic N) is 4. The zero-order chi connectivity index (χ0) is 26.1. The van der Waals surface area contributed by atoms with Crippen LogP contribution < -0.4 is 0 Å². The van der Waals surface area contributed by atoms with Crippen LogP contribution in [0.3, 0.4) is 0 Å². The number of ether oxygens (including phenoxy) is 3. The van der Waals surface area contributed by atoms with Crippen LogP contribution in [-0.4, -0.2) is 45.7 Å². The van der Waals surface area contributed by atoms with Gasteiger partial charge in [0.25, 0.3) is 0 Å². The van der Waals surface area contributed by atoms with Gasteiger partial charge < -0.3 is 14.2 Å². The highest BCUT2D eigenvalue weighted by molar-refractivity contribution is 6.57. The summed E-state index contributed by atoms with van der Waals surface area (Å²) in [4.78, 5) is 17.7. The molecule has 4 atom stereocenters. The number of azide groups is 1. The quantitative estimate of drug-likeness (QED) is 0.0975. The Kier molecular flexibility index (Phi) is 9.84. The lowest BCUT2D eigenvalue weighted by Crippen LogP contribution is -2.52. The normalized spacial score (nSPS) is 20.5. The molecule has 192 valence electrons. The molecule has 0 bridgehead atoms. The summed E-state index contributed by atoms with van der Waals surface area (Å²) >= 11 is 12.0. The molecular formula is C25H29Cl2N5O4. The third kappa shape index (κ3) is 7.77. The minimum atomic E-state index is -1.58. The number of carbonyl (C=O) groups is 1. The van der Waals surface area contributed by atoms with Gasteiger partial charge in [0.15, 0.2) is 4.33 Å². The number of hydrogen-bond donors (Lipinski definition) is 1. The van der Waals surface area contributed by atoms with Crippen molar-refractivity contribution in [1.82, 2.24) is 4.90 Å². The Hall–Kier alpha value is -2.97. The molecule has 0 spiro atoms. The highest BCUT2D eigenvalue weighted by atomic mass is 35.5. The molecule has 1 N–H and O–H groups in total. The first-order valence-corrected chi connectivity index (χ1v) is 12.3. The van der Waals surface area contributed by atoms with Crippen LogP contribution in [0, 0.1) is 5.41 Å². The second-order valence-corrected chi connectivity index (χ2v) is 10.3. The largest absolute Gasteiger partial charge is 0.449 e. The van der Waals surface area contributed by atoms with E-state index in [1.165, 1.54) is 6.92 Å². The minimum Gasteiger partial charge on any atom is -0.449 e. The fourth-order valence-corrected chi connectivity index (χ4v) is 3.91. The first-order chi connectivity index (χ1) is 17.2. The second-order valence-electron chi connectivity index (χ2n) is 8.62. The first-order valence-electron chi connectivity index (χ1n) is 11.5. The van der Waals surface area contributed by atoms with Crippen molar-refractivity contribution in [2.24, 2.45) is 5.11 Å². The van der Waals surface area contributed by atoms with Gasteiger partial charge in [-0.15, -0.1) is 0 Å². The Labute approximate surface area is 220 Å². The summed E-state index contributed by atoms with van der Waals surface area (Å²) in [5, 5.41) is 11.8. The average Bonchev–Trinajstić information content (AvgIpc) is 2.87. The molecule has 1 saturated heterocycles. The SMILES string of the molecule is CC(C1CCC(N=[N+]=[N-])C(OC(=N)C(C)(Cl)Cl)O1)N(Cc1ccccc1)C(=O)OCc1ccccc1. The molecule has 1 amide bonds. The molecule has 2 aromatic carbocycles. The van der Waals surface area contributed by atoms with Gasteiger partial charge in [-0.05, 0) is 43.3 Å². The molecular weight excluding hydrogens is 505 g/mol. The standard InChI is InChI=1S/C25H29Cl2N5O4/c1-17(21-14-13-20(30-31-29)22(35-21)36-23(28)25(2,26)27)32(15-18-9-5-3-6-10-18)24(33)34-16-19-11-7-4-8-12-19/h3-12,17,20-22,28H,13-16H2,1-2H3. The molecule has 0 aliphatic carbocycles.